The molecule has 0 saturated carbocycles. The number of Topliss-reactive ketones (excluding diaryl/α,β-unsaturated/α-hetero) is 1. The van der Waals surface area contributed by atoms with Gasteiger partial charge in [0, 0.05) is 31.5 Å². The fraction of sp³-hybridized carbons (Fsp3) is 0.562. The number of hydrogen-bond donors (Lipinski definition) is 0. The first-order chi connectivity index (χ1) is 8.74. The van der Waals surface area contributed by atoms with Crippen molar-refractivity contribution in [2.75, 3.05) is 0 Å². The van der Waals surface area contributed by atoms with Crippen LogP contribution in [0.4, 0.5) is 0 Å². The number of carbonyl (C=O) groups is 1. The summed E-state index contributed by atoms with van der Waals surface area (Å²) in [6, 6.07) is 11.4. The van der Waals surface area contributed by atoms with Gasteiger partial charge in [-0.25, -0.2) is 0 Å². The van der Waals surface area contributed by atoms with E-state index in [1.54, 1.807) is 0 Å². The summed E-state index contributed by atoms with van der Waals surface area (Å²) in [5.74, 6) is 0.443. The van der Waals surface area contributed by atoms with Gasteiger partial charge in [0.05, 0.1) is 0 Å². The standard InChI is InChI=1S/C16H23NO/c1-3-14-10-16(18)11-15(4-2)17(14)12-13-8-6-5-7-9-13/h5-9,14-15H,3-4,10-12H2,1-2H3/t14-,15-/m1/s1. The largest absolute Gasteiger partial charge is 0.300 e. The minimum Gasteiger partial charge on any atom is -0.300 e. The van der Waals surface area contributed by atoms with Gasteiger partial charge in [0.15, 0.2) is 0 Å². The highest BCUT2D eigenvalue weighted by atomic mass is 16.1. The average Bonchev–Trinajstić information content (AvgIpc) is 2.41. The molecule has 1 saturated heterocycles. The second kappa shape index (κ2) is 6.14. The maximum atomic E-state index is 11.8. The van der Waals surface area contributed by atoms with Crippen LogP contribution >= 0.6 is 0 Å². The third kappa shape index (κ3) is 2.99. The predicted octanol–water partition coefficient (Wildman–Crippen LogP) is 3.41. The van der Waals surface area contributed by atoms with Crippen molar-refractivity contribution in [3.05, 3.63) is 35.9 Å². The van der Waals surface area contributed by atoms with Crippen molar-refractivity contribution in [3.63, 3.8) is 0 Å². The van der Waals surface area contributed by atoms with E-state index in [-0.39, 0.29) is 0 Å². The lowest BCUT2D eigenvalue weighted by atomic mass is 9.91. The van der Waals surface area contributed by atoms with E-state index in [2.05, 4.69) is 49.1 Å². The zero-order valence-corrected chi connectivity index (χ0v) is 11.4. The van der Waals surface area contributed by atoms with Crippen molar-refractivity contribution in [1.82, 2.24) is 4.90 Å². The number of carbonyl (C=O) groups excluding carboxylic acids is 1. The molecule has 0 spiro atoms. The van der Waals surface area contributed by atoms with E-state index < -0.39 is 0 Å². The summed E-state index contributed by atoms with van der Waals surface area (Å²) in [6.45, 7) is 5.35. The smallest absolute Gasteiger partial charge is 0.136 e. The highest BCUT2D eigenvalue weighted by Crippen LogP contribution is 2.26. The van der Waals surface area contributed by atoms with Gasteiger partial charge in [0.25, 0.3) is 0 Å². The molecule has 0 amide bonds. The summed E-state index contributed by atoms with van der Waals surface area (Å²) < 4.78 is 0. The highest BCUT2D eigenvalue weighted by molar-refractivity contribution is 5.80. The Morgan fingerprint density at radius 3 is 2.11 bits per heavy atom. The number of ketones is 1. The number of rotatable bonds is 4. The summed E-state index contributed by atoms with van der Waals surface area (Å²) in [6.07, 6.45) is 3.60. The Kier molecular flexibility index (Phi) is 4.54. The van der Waals surface area contributed by atoms with Crippen molar-refractivity contribution in [3.8, 4) is 0 Å². The molecule has 1 fully saturated rings. The van der Waals surface area contributed by atoms with E-state index in [9.17, 15) is 4.79 Å². The van der Waals surface area contributed by atoms with Crippen molar-refractivity contribution in [2.24, 2.45) is 0 Å². The Labute approximate surface area is 110 Å². The highest BCUT2D eigenvalue weighted by Gasteiger charge is 2.32. The van der Waals surface area contributed by atoms with Crippen molar-refractivity contribution in [2.45, 2.75) is 58.2 Å². The first-order valence-corrected chi connectivity index (χ1v) is 7.06. The van der Waals surface area contributed by atoms with Crippen LogP contribution in [0.3, 0.4) is 0 Å². The zero-order valence-electron chi connectivity index (χ0n) is 11.4. The van der Waals surface area contributed by atoms with E-state index in [0.717, 1.165) is 32.2 Å². The Balaban J connectivity index is 2.13. The van der Waals surface area contributed by atoms with Crippen molar-refractivity contribution in [1.29, 1.82) is 0 Å². The number of nitrogens with zero attached hydrogens (tertiary/aromatic N) is 1. The van der Waals surface area contributed by atoms with Crippen LogP contribution in [0, 0.1) is 0 Å². The Morgan fingerprint density at radius 1 is 1.06 bits per heavy atom. The van der Waals surface area contributed by atoms with Gasteiger partial charge < -0.3 is 0 Å². The normalized spacial score (nSPS) is 25.3. The molecular weight excluding hydrogens is 222 g/mol. The molecule has 0 aliphatic carbocycles. The molecule has 18 heavy (non-hydrogen) atoms. The molecule has 0 unspecified atom stereocenters. The van der Waals surface area contributed by atoms with Crippen LogP contribution in [-0.4, -0.2) is 22.8 Å². The molecule has 0 radical (unpaired) electrons. The van der Waals surface area contributed by atoms with Crippen molar-refractivity contribution >= 4 is 5.78 Å². The minimum atomic E-state index is 0.427. The number of piperidine rings is 1. The van der Waals surface area contributed by atoms with Crippen LogP contribution in [0.5, 0.6) is 0 Å². The van der Waals surface area contributed by atoms with E-state index >= 15 is 0 Å². The van der Waals surface area contributed by atoms with Gasteiger partial charge in [-0.1, -0.05) is 44.2 Å². The average molecular weight is 245 g/mol. The van der Waals surface area contributed by atoms with Gasteiger partial charge in [-0.05, 0) is 18.4 Å². The molecule has 0 bridgehead atoms. The molecule has 2 rings (SSSR count). The van der Waals surface area contributed by atoms with E-state index in [1.807, 2.05) is 0 Å². The first-order valence-electron chi connectivity index (χ1n) is 7.06. The van der Waals surface area contributed by atoms with E-state index in [0.29, 0.717) is 17.9 Å². The molecular formula is C16H23NO. The SMILES string of the molecule is CC[C@@H]1CC(=O)C[C@@H](CC)N1Cc1ccccc1. The molecule has 1 aromatic carbocycles. The summed E-state index contributed by atoms with van der Waals surface area (Å²) >= 11 is 0. The van der Waals surface area contributed by atoms with Crippen LogP contribution in [0.1, 0.15) is 45.1 Å². The second-order valence-corrected chi connectivity index (χ2v) is 5.23. The molecule has 2 nitrogen and oxygen atoms in total. The maximum Gasteiger partial charge on any atom is 0.136 e. The molecule has 1 aliphatic rings. The van der Waals surface area contributed by atoms with Gasteiger partial charge in [-0.3, -0.25) is 9.69 Å². The molecule has 1 aliphatic heterocycles. The molecule has 2 heteroatoms. The van der Waals surface area contributed by atoms with Gasteiger partial charge in [0.2, 0.25) is 0 Å². The Morgan fingerprint density at radius 2 is 1.61 bits per heavy atom. The topological polar surface area (TPSA) is 20.3 Å². The van der Waals surface area contributed by atoms with Crippen LogP contribution in [0.2, 0.25) is 0 Å². The van der Waals surface area contributed by atoms with Gasteiger partial charge in [-0.2, -0.15) is 0 Å². The zero-order chi connectivity index (χ0) is 13.0. The van der Waals surface area contributed by atoms with Crippen LogP contribution in [0.25, 0.3) is 0 Å². The van der Waals surface area contributed by atoms with Crippen molar-refractivity contribution < 1.29 is 4.79 Å². The van der Waals surface area contributed by atoms with Gasteiger partial charge >= 0.3 is 0 Å². The van der Waals surface area contributed by atoms with Gasteiger partial charge in [-0.15, -0.1) is 0 Å². The Bertz CT molecular complexity index is 371. The molecule has 1 heterocycles. The van der Waals surface area contributed by atoms with E-state index in [4.69, 9.17) is 0 Å². The lowest BCUT2D eigenvalue weighted by Gasteiger charge is -2.41. The molecule has 0 N–H and O–H groups in total. The summed E-state index contributed by atoms with van der Waals surface area (Å²) in [5, 5.41) is 0. The van der Waals surface area contributed by atoms with Crippen LogP contribution in [0.15, 0.2) is 30.3 Å². The summed E-state index contributed by atoms with van der Waals surface area (Å²) in [7, 11) is 0. The predicted molar refractivity (Wildman–Crippen MR) is 74.4 cm³/mol. The fourth-order valence-corrected chi connectivity index (χ4v) is 2.95. The molecule has 1 aromatic rings. The lowest BCUT2D eigenvalue weighted by molar-refractivity contribution is -0.125. The lowest BCUT2D eigenvalue weighted by Crippen LogP contribution is -2.48. The maximum absolute atomic E-state index is 11.8. The third-order valence-corrected chi connectivity index (χ3v) is 4.02. The first kappa shape index (κ1) is 13.3. The van der Waals surface area contributed by atoms with E-state index in [1.165, 1.54) is 5.56 Å². The fourth-order valence-electron chi connectivity index (χ4n) is 2.95. The summed E-state index contributed by atoms with van der Waals surface area (Å²) in [5.41, 5.74) is 1.35. The van der Waals surface area contributed by atoms with Crippen LogP contribution < -0.4 is 0 Å². The number of likely N-dealkylation sites (tertiary alicyclic amines) is 1. The Hall–Kier alpha value is -1.15. The number of benzene rings is 1. The molecule has 0 aromatic heterocycles. The van der Waals surface area contributed by atoms with Gasteiger partial charge in [0.1, 0.15) is 5.78 Å². The quantitative estimate of drug-likeness (QED) is 0.810. The summed E-state index contributed by atoms with van der Waals surface area (Å²) in [4.78, 5) is 14.3. The third-order valence-electron chi connectivity index (χ3n) is 4.02. The monoisotopic (exact) mass is 245 g/mol. The molecule has 98 valence electrons. The minimum absolute atomic E-state index is 0.427. The molecule has 2 atom stereocenters. The second-order valence-electron chi connectivity index (χ2n) is 5.23. The van der Waals surface area contributed by atoms with Crippen LogP contribution in [-0.2, 0) is 11.3 Å². The number of hydrogen-bond acceptors (Lipinski definition) is 2.